The number of nitrogens with one attached hydrogen (secondary N) is 2. The van der Waals surface area contributed by atoms with Gasteiger partial charge in [0.1, 0.15) is 0 Å². The number of nitrogens with zero attached hydrogens (tertiary/aromatic N) is 4. The molecule has 0 saturated carbocycles. The van der Waals surface area contributed by atoms with E-state index in [4.69, 9.17) is 0 Å². The third-order valence-corrected chi connectivity index (χ3v) is 5.68. The molecule has 1 aliphatic heterocycles. The summed E-state index contributed by atoms with van der Waals surface area (Å²) < 4.78 is 42.8. The van der Waals surface area contributed by atoms with Gasteiger partial charge in [0, 0.05) is 37.3 Å². The van der Waals surface area contributed by atoms with E-state index < -0.39 is 23.9 Å². The van der Waals surface area contributed by atoms with Crippen LogP contribution < -0.4 is 15.4 Å². The van der Waals surface area contributed by atoms with Gasteiger partial charge < -0.3 is 20.3 Å². The van der Waals surface area contributed by atoms with Gasteiger partial charge in [0.25, 0.3) is 5.91 Å². The molecule has 0 spiro atoms. The molecule has 0 aliphatic carbocycles. The summed E-state index contributed by atoms with van der Waals surface area (Å²) in [6.45, 7) is 2.87. The van der Waals surface area contributed by atoms with Crippen LogP contribution in [0.1, 0.15) is 10.4 Å². The van der Waals surface area contributed by atoms with Crippen molar-refractivity contribution in [1.82, 2.24) is 20.0 Å². The van der Waals surface area contributed by atoms with E-state index in [0.717, 1.165) is 36.9 Å². The van der Waals surface area contributed by atoms with E-state index in [-0.39, 0.29) is 23.6 Å². The second-order valence-electron chi connectivity index (χ2n) is 8.51. The van der Waals surface area contributed by atoms with Gasteiger partial charge in [0.05, 0.1) is 17.9 Å². The average Bonchev–Trinajstić information content (AvgIpc) is 2.86. The number of benzene rings is 2. The predicted molar refractivity (Wildman–Crippen MR) is 131 cm³/mol. The number of ether oxygens (including phenoxy) is 1. The summed E-state index contributed by atoms with van der Waals surface area (Å²) in [5, 5.41) is 13.1. The quantitative estimate of drug-likeness (QED) is 0.498. The summed E-state index contributed by atoms with van der Waals surface area (Å²) in [4.78, 5) is 29.4. The minimum Gasteiger partial charge on any atom is -0.404 e. The van der Waals surface area contributed by atoms with Gasteiger partial charge >= 0.3 is 6.36 Å². The summed E-state index contributed by atoms with van der Waals surface area (Å²) in [5.41, 5.74) is 1.19. The van der Waals surface area contributed by atoms with E-state index in [2.05, 4.69) is 30.5 Å². The van der Waals surface area contributed by atoms with Crippen molar-refractivity contribution in [3.05, 3.63) is 66.2 Å². The number of hydrogen-bond donors (Lipinski definition) is 2. The summed E-state index contributed by atoms with van der Waals surface area (Å²) in [5.74, 6) is -1.63. The van der Waals surface area contributed by atoms with Crippen molar-refractivity contribution >= 4 is 23.3 Å². The number of halogens is 3. The number of rotatable bonds is 7. The molecule has 4 rings (SSSR count). The fraction of sp³-hybridized carbons (Fsp3) is 0.280. The number of alkyl halides is 3. The van der Waals surface area contributed by atoms with Crippen LogP contribution in [0.25, 0.3) is 11.3 Å². The maximum atomic E-state index is 12.9. The van der Waals surface area contributed by atoms with E-state index in [1.807, 2.05) is 42.3 Å². The highest BCUT2D eigenvalue weighted by atomic mass is 19.4. The molecular formula is C25H25F3N6O3. The molecule has 12 heteroatoms. The van der Waals surface area contributed by atoms with E-state index in [1.165, 1.54) is 0 Å². The number of hydrogen-bond acceptors (Lipinski definition) is 7. The SMILES string of the molecule is CN1CCN(CC(=O)Nc2cc(C(=O)Nc3ccc(-c4ccccc4)nn3)ccc2OC(F)(F)F)CC1. The Labute approximate surface area is 211 Å². The van der Waals surface area contributed by atoms with Crippen LogP contribution in [0.4, 0.5) is 24.7 Å². The van der Waals surface area contributed by atoms with Crippen LogP contribution in [-0.4, -0.2) is 77.9 Å². The van der Waals surface area contributed by atoms with Crippen LogP contribution in [0.5, 0.6) is 5.75 Å². The number of carbonyl (C=O) groups is 2. The van der Waals surface area contributed by atoms with Crippen molar-refractivity contribution in [2.45, 2.75) is 6.36 Å². The molecule has 1 aliphatic rings. The Morgan fingerprint density at radius 2 is 1.68 bits per heavy atom. The lowest BCUT2D eigenvalue weighted by Crippen LogP contribution is -2.47. The second kappa shape index (κ2) is 11.4. The third kappa shape index (κ3) is 7.48. The largest absolute Gasteiger partial charge is 0.573 e. The van der Waals surface area contributed by atoms with Gasteiger partial charge in [-0.3, -0.25) is 14.5 Å². The van der Waals surface area contributed by atoms with Crippen LogP contribution in [0.3, 0.4) is 0 Å². The van der Waals surface area contributed by atoms with Crippen LogP contribution >= 0.6 is 0 Å². The van der Waals surface area contributed by atoms with Crippen LogP contribution in [0.15, 0.2) is 60.7 Å². The Hall–Kier alpha value is -4.03. The van der Waals surface area contributed by atoms with E-state index in [1.54, 1.807) is 12.1 Å². The summed E-state index contributed by atoms with van der Waals surface area (Å²) in [6, 6.07) is 15.9. The van der Waals surface area contributed by atoms with E-state index in [9.17, 15) is 22.8 Å². The predicted octanol–water partition coefficient (Wildman–Crippen LogP) is 3.48. The number of piperazine rings is 1. The van der Waals surface area contributed by atoms with Gasteiger partial charge in [-0.25, -0.2) is 0 Å². The zero-order valence-electron chi connectivity index (χ0n) is 20.0. The standard InChI is InChI=1S/C25H25F3N6O3/c1-33-11-13-34(14-12-33)16-23(35)29-20-15-18(7-9-21(20)37-25(26,27)28)24(36)30-22-10-8-19(31-32-22)17-5-3-2-4-6-17/h2-10,15H,11-14,16H2,1H3,(H,29,35)(H,30,32,36). The minimum absolute atomic E-state index is 0.000918. The number of likely N-dealkylation sites (N-methyl/N-ethyl adjacent to an activating group) is 1. The fourth-order valence-electron chi connectivity index (χ4n) is 3.73. The lowest BCUT2D eigenvalue weighted by molar-refractivity contribution is -0.274. The molecule has 1 saturated heterocycles. The highest BCUT2D eigenvalue weighted by molar-refractivity contribution is 6.05. The smallest absolute Gasteiger partial charge is 0.404 e. The molecule has 0 bridgehead atoms. The maximum Gasteiger partial charge on any atom is 0.573 e. The first-order valence-electron chi connectivity index (χ1n) is 11.5. The van der Waals surface area contributed by atoms with Crippen molar-refractivity contribution in [3.8, 4) is 17.0 Å². The maximum absolute atomic E-state index is 12.9. The molecule has 0 atom stereocenters. The normalized spacial score (nSPS) is 14.7. The highest BCUT2D eigenvalue weighted by Gasteiger charge is 2.32. The lowest BCUT2D eigenvalue weighted by Gasteiger charge is -2.31. The molecule has 2 aromatic carbocycles. The Morgan fingerprint density at radius 3 is 2.32 bits per heavy atom. The highest BCUT2D eigenvalue weighted by Crippen LogP contribution is 2.31. The van der Waals surface area contributed by atoms with Gasteiger partial charge in [0.2, 0.25) is 5.91 Å². The Morgan fingerprint density at radius 1 is 0.946 bits per heavy atom. The van der Waals surface area contributed by atoms with Gasteiger partial charge in [-0.05, 0) is 37.4 Å². The minimum atomic E-state index is -4.98. The molecule has 37 heavy (non-hydrogen) atoms. The van der Waals surface area contributed by atoms with Gasteiger partial charge in [-0.1, -0.05) is 30.3 Å². The van der Waals surface area contributed by atoms with E-state index >= 15 is 0 Å². The monoisotopic (exact) mass is 514 g/mol. The number of carbonyl (C=O) groups excluding carboxylic acids is 2. The summed E-state index contributed by atoms with van der Waals surface area (Å²) >= 11 is 0. The second-order valence-corrected chi connectivity index (χ2v) is 8.51. The number of anilines is 2. The number of aromatic nitrogens is 2. The fourth-order valence-corrected chi connectivity index (χ4v) is 3.73. The molecule has 9 nitrogen and oxygen atoms in total. The molecule has 0 radical (unpaired) electrons. The summed E-state index contributed by atoms with van der Waals surface area (Å²) in [6.07, 6.45) is -4.98. The van der Waals surface area contributed by atoms with Gasteiger partial charge in [-0.2, -0.15) is 0 Å². The summed E-state index contributed by atoms with van der Waals surface area (Å²) in [7, 11) is 1.97. The van der Waals surface area contributed by atoms with Crippen LogP contribution in [0, 0.1) is 0 Å². The van der Waals surface area contributed by atoms with Crippen LogP contribution in [-0.2, 0) is 4.79 Å². The van der Waals surface area contributed by atoms with Crippen molar-refractivity contribution in [3.63, 3.8) is 0 Å². The Kier molecular flexibility index (Phi) is 7.99. The van der Waals surface area contributed by atoms with Crippen molar-refractivity contribution in [2.75, 3.05) is 50.4 Å². The van der Waals surface area contributed by atoms with Crippen molar-refractivity contribution in [1.29, 1.82) is 0 Å². The molecule has 2 amide bonds. The lowest BCUT2D eigenvalue weighted by atomic mass is 10.1. The molecule has 1 aromatic heterocycles. The molecular weight excluding hydrogens is 489 g/mol. The average molecular weight is 515 g/mol. The zero-order chi connectivity index (χ0) is 26.4. The molecule has 3 aromatic rings. The molecule has 194 valence electrons. The Balaban J connectivity index is 1.47. The zero-order valence-corrected chi connectivity index (χ0v) is 20.0. The first-order chi connectivity index (χ1) is 17.7. The molecule has 0 unspecified atom stereocenters. The van der Waals surface area contributed by atoms with E-state index in [0.29, 0.717) is 18.8 Å². The molecule has 1 fully saturated rings. The Bertz CT molecular complexity index is 1230. The van der Waals surface area contributed by atoms with Gasteiger partial charge in [0.15, 0.2) is 11.6 Å². The topological polar surface area (TPSA) is 99.7 Å². The van der Waals surface area contributed by atoms with Crippen LogP contribution in [0.2, 0.25) is 0 Å². The third-order valence-electron chi connectivity index (χ3n) is 5.68. The van der Waals surface area contributed by atoms with Gasteiger partial charge in [-0.15, -0.1) is 23.4 Å². The van der Waals surface area contributed by atoms with Crippen molar-refractivity contribution < 1.29 is 27.5 Å². The van der Waals surface area contributed by atoms with Crippen molar-refractivity contribution in [2.24, 2.45) is 0 Å². The molecule has 2 heterocycles. The molecule has 2 N–H and O–H groups in total. The first-order valence-corrected chi connectivity index (χ1v) is 11.5. The first kappa shape index (κ1) is 26.0. The number of amides is 2.